The summed E-state index contributed by atoms with van der Waals surface area (Å²) in [6.07, 6.45) is 0. The Labute approximate surface area is 104 Å². The SMILES string of the molecule is Cc1cc(F)ccc1Oc1cc(F)cc(CN)c1. The third-order valence-corrected chi connectivity index (χ3v) is 2.53. The minimum absolute atomic E-state index is 0.233. The summed E-state index contributed by atoms with van der Waals surface area (Å²) in [6, 6.07) is 8.44. The summed E-state index contributed by atoms with van der Waals surface area (Å²) < 4.78 is 31.7. The van der Waals surface area contributed by atoms with Gasteiger partial charge in [-0.25, -0.2) is 8.78 Å². The van der Waals surface area contributed by atoms with Crippen LogP contribution in [0, 0.1) is 18.6 Å². The maximum atomic E-state index is 13.3. The van der Waals surface area contributed by atoms with Crippen LogP contribution in [0.25, 0.3) is 0 Å². The maximum absolute atomic E-state index is 13.3. The van der Waals surface area contributed by atoms with E-state index in [0.717, 1.165) is 0 Å². The minimum atomic E-state index is -0.410. The van der Waals surface area contributed by atoms with Crippen molar-refractivity contribution >= 4 is 0 Å². The van der Waals surface area contributed by atoms with Crippen molar-refractivity contribution in [3.8, 4) is 11.5 Å². The Morgan fingerprint density at radius 2 is 1.83 bits per heavy atom. The van der Waals surface area contributed by atoms with Crippen molar-refractivity contribution < 1.29 is 13.5 Å². The molecule has 0 aliphatic rings. The Kier molecular flexibility index (Phi) is 3.58. The van der Waals surface area contributed by atoms with E-state index in [2.05, 4.69) is 0 Å². The van der Waals surface area contributed by atoms with Gasteiger partial charge in [0.25, 0.3) is 0 Å². The zero-order chi connectivity index (χ0) is 13.1. The summed E-state index contributed by atoms with van der Waals surface area (Å²) in [5, 5.41) is 0. The van der Waals surface area contributed by atoms with Crippen molar-refractivity contribution in [1.82, 2.24) is 0 Å². The van der Waals surface area contributed by atoms with Crippen molar-refractivity contribution in [2.24, 2.45) is 5.73 Å². The third-order valence-electron chi connectivity index (χ3n) is 2.53. The van der Waals surface area contributed by atoms with Gasteiger partial charge in [-0.1, -0.05) is 0 Å². The average Bonchev–Trinajstić information content (AvgIpc) is 2.32. The quantitative estimate of drug-likeness (QED) is 0.903. The predicted molar refractivity (Wildman–Crippen MR) is 65.5 cm³/mol. The number of nitrogens with two attached hydrogens (primary N) is 1. The highest BCUT2D eigenvalue weighted by atomic mass is 19.1. The number of rotatable bonds is 3. The molecule has 2 aromatic carbocycles. The molecule has 0 aliphatic heterocycles. The number of hydrogen-bond acceptors (Lipinski definition) is 2. The first-order valence-corrected chi connectivity index (χ1v) is 5.52. The molecule has 0 radical (unpaired) electrons. The van der Waals surface area contributed by atoms with Crippen molar-refractivity contribution in [3.05, 3.63) is 59.2 Å². The first kappa shape index (κ1) is 12.5. The van der Waals surface area contributed by atoms with Crippen LogP contribution in [0.1, 0.15) is 11.1 Å². The molecular formula is C14H13F2NO. The van der Waals surface area contributed by atoms with E-state index >= 15 is 0 Å². The van der Waals surface area contributed by atoms with Crippen molar-refractivity contribution in [1.29, 1.82) is 0 Å². The Morgan fingerprint density at radius 3 is 2.50 bits per heavy atom. The Morgan fingerprint density at radius 1 is 1.06 bits per heavy atom. The molecule has 0 heterocycles. The predicted octanol–water partition coefficient (Wildman–Crippen LogP) is 3.52. The number of ether oxygens (including phenoxy) is 1. The van der Waals surface area contributed by atoms with Gasteiger partial charge in [0.2, 0.25) is 0 Å². The molecule has 4 heteroatoms. The van der Waals surface area contributed by atoms with Crippen LogP contribution in [0.4, 0.5) is 8.78 Å². The molecule has 94 valence electrons. The largest absolute Gasteiger partial charge is 0.457 e. The van der Waals surface area contributed by atoms with Gasteiger partial charge in [-0.2, -0.15) is 0 Å². The zero-order valence-corrected chi connectivity index (χ0v) is 9.91. The van der Waals surface area contributed by atoms with Crippen LogP contribution in [-0.4, -0.2) is 0 Å². The van der Waals surface area contributed by atoms with Crippen molar-refractivity contribution in [3.63, 3.8) is 0 Å². The monoisotopic (exact) mass is 249 g/mol. The molecule has 0 saturated carbocycles. The third kappa shape index (κ3) is 2.84. The Balaban J connectivity index is 2.30. The highest BCUT2D eigenvalue weighted by Gasteiger charge is 2.05. The van der Waals surface area contributed by atoms with Gasteiger partial charge in [0.15, 0.2) is 0 Å². The number of aryl methyl sites for hydroxylation is 1. The first-order chi connectivity index (χ1) is 8.58. The molecule has 0 fully saturated rings. The molecule has 2 nitrogen and oxygen atoms in total. The minimum Gasteiger partial charge on any atom is -0.457 e. The molecule has 18 heavy (non-hydrogen) atoms. The van der Waals surface area contributed by atoms with E-state index in [1.807, 2.05) is 0 Å². The fraction of sp³-hybridized carbons (Fsp3) is 0.143. The molecule has 0 saturated heterocycles. The van der Waals surface area contributed by atoms with E-state index in [-0.39, 0.29) is 12.4 Å². The first-order valence-electron chi connectivity index (χ1n) is 5.52. The zero-order valence-electron chi connectivity index (χ0n) is 9.91. The number of hydrogen-bond donors (Lipinski definition) is 1. The standard InChI is InChI=1S/C14H13F2NO/c1-9-4-11(15)2-3-14(9)18-13-6-10(8-17)5-12(16)7-13/h2-7H,8,17H2,1H3. The van der Waals surface area contributed by atoms with E-state index < -0.39 is 5.82 Å². The molecule has 0 bridgehead atoms. The summed E-state index contributed by atoms with van der Waals surface area (Å²) in [5.41, 5.74) is 6.75. The number of benzene rings is 2. The summed E-state index contributed by atoms with van der Waals surface area (Å²) in [5.74, 6) is 0.101. The van der Waals surface area contributed by atoms with Crippen molar-refractivity contribution in [2.75, 3.05) is 0 Å². The molecule has 2 N–H and O–H groups in total. The molecule has 0 atom stereocenters. The average molecular weight is 249 g/mol. The molecule has 0 unspecified atom stereocenters. The molecule has 0 spiro atoms. The van der Waals surface area contributed by atoms with Crippen LogP contribution in [-0.2, 0) is 6.54 Å². The molecule has 2 aromatic rings. The summed E-state index contributed by atoms with van der Waals surface area (Å²) in [6.45, 7) is 1.96. The van der Waals surface area contributed by atoms with Crippen LogP contribution in [0.2, 0.25) is 0 Å². The van der Waals surface area contributed by atoms with E-state index in [1.54, 1.807) is 13.0 Å². The topological polar surface area (TPSA) is 35.2 Å². The highest BCUT2D eigenvalue weighted by molar-refractivity contribution is 5.38. The van der Waals surface area contributed by atoms with Crippen LogP contribution in [0.3, 0.4) is 0 Å². The van der Waals surface area contributed by atoms with E-state index in [4.69, 9.17) is 10.5 Å². The lowest BCUT2D eigenvalue weighted by molar-refractivity contribution is 0.470. The molecule has 2 rings (SSSR count). The summed E-state index contributed by atoms with van der Waals surface area (Å²) in [4.78, 5) is 0. The van der Waals surface area contributed by atoms with Gasteiger partial charge >= 0.3 is 0 Å². The summed E-state index contributed by atoms with van der Waals surface area (Å²) in [7, 11) is 0. The lowest BCUT2D eigenvalue weighted by atomic mass is 10.2. The molecule has 0 aromatic heterocycles. The van der Waals surface area contributed by atoms with E-state index in [0.29, 0.717) is 22.6 Å². The Hall–Kier alpha value is -1.94. The number of halogens is 2. The lowest BCUT2D eigenvalue weighted by Gasteiger charge is -2.10. The van der Waals surface area contributed by atoms with Crippen LogP contribution < -0.4 is 10.5 Å². The van der Waals surface area contributed by atoms with Crippen molar-refractivity contribution in [2.45, 2.75) is 13.5 Å². The van der Waals surface area contributed by atoms with Crippen LogP contribution >= 0.6 is 0 Å². The molecular weight excluding hydrogens is 236 g/mol. The lowest BCUT2D eigenvalue weighted by Crippen LogP contribution is -1.98. The van der Waals surface area contributed by atoms with Crippen LogP contribution in [0.5, 0.6) is 11.5 Å². The van der Waals surface area contributed by atoms with Gasteiger partial charge in [0.1, 0.15) is 23.1 Å². The second kappa shape index (κ2) is 5.14. The molecule has 0 aliphatic carbocycles. The molecule has 0 amide bonds. The fourth-order valence-corrected chi connectivity index (χ4v) is 1.65. The smallest absolute Gasteiger partial charge is 0.130 e. The van der Waals surface area contributed by atoms with Gasteiger partial charge < -0.3 is 10.5 Å². The maximum Gasteiger partial charge on any atom is 0.130 e. The highest BCUT2D eigenvalue weighted by Crippen LogP contribution is 2.26. The van der Waals surface area contributed by atoms with Gasteiger partial charge in [-0.15, -0.1) is 0 Å². The normalized spacial score (nSPS) is 10.4. The van der Waals surface area contributed by atoms with Crippen LogP contribution in [0.15, 0.2) is 36.4 Å². The Bertz CT molecular complexity index is 570. The van der Waals surface area contributed by atoms with Gasteiger partial charge in [-0.05, 0) is 48.4 Å². The van der Waals surface area contributed by atoms with E-state index in [1.165, 1.54) is 30.3 Å². The second-order valence-corrected chi connectivity index (χ2v) is 4.01. The second-order valence-electron chi connectivity index (χ2n) is 4.01. The van der Waals surface area contributed by atoms with E-state index in [9.17, 15) is 8.78 Å². The van der Waals surface area contributed by atoms with Gasteiger partial charge in [0.05, 0.1) is 0 Å². The van der Waals surface area contributed by atoms with Gasteiger partial charge in [-0.3, -0.25) is 0 Å². The fourth-order valence-electron chi connectivity index (χ4n) is 1.65. The summed E-state index contributed by atoms with van der Waals surface area (Å²) >= 11 is 0. The van der Waals surface area contributed by atoms with Gasteiger partial charge in [0, 0.05) is 12.6 Å².